The SMILES string of the molecule is C#CCN(CC#C)CC#C.[N-]=[N+]=NCCOCCOCCN=[N+]=[N-].c1cn(-n2cc(C(c3cn(-n4ccnn4)nn3)c3cn(-n4ccnn4)nn3)nn2)nn1. The second kappa shape index (κ2) is 22.8. The zero-order valence-corrected chi connectivity index (χ0v) is 28.9. The van der Waals surface area contributed by atoms with E-state index in [0.29, 0.717) is 76.2 Å². The van der Waals surface area contributed by atoms with Gasteiger partial charge in [0.25, 0.3) is 0 Å². The Morgan fingerprint density at radius 1 is 0.582 bits per heavy atom. The van der Waals surface area contributed by atoms with Crippen LogP contribution in [0.2, 0.25) is 0 Å². The number of hydrogen-bond acceptors (Lipinski definition) is 17. The van der Waals surface area contributed by atoms with Crippen LogP contribution in [-0.4, -0.2) is 155 Å². The molecule has 6 aromatic rings. The summed E-state index contributed by atoms with van der Waals surface area (Å²) in [6.07, 6.45) is 29.7. The van der Waals surface area contributed by atoms with Crippen molar-refractivity contribution in [3.63, 3.8) is 0 Å². The Morgan fingerprint density at radius 2 is 0.945 bits per heavy atom. The van der Waals surface area contributed by atoms with Gasteiger partial charge in [-0.1, -0.05) is 28.0 Å². The average Bonchev–Trinajstić information content (AvgIpc) is 4.05. The van der Waals surface area contributed by atoms with E-state index in [2.05, 4.69) is 99.7 Å². The van der Waals surface area contributed by atoms with Gasteiger partial charge in [-0.25, -0.2) is 0 Å². The number of hydrogen-bond donors (Lipinski definition) is 0. The van der Waals surface area contributed by atoms with Crippen molar-refractivity contribution < 1.29 is 9.47 Å². The number of terminal acetylenes is 3. The lowest BCUT2D eigenvalue weighted by molar-refractivity contribution is 0.0539. The Balaban J connectivity index is 0.000000234. The maximum atomic E-state index is 7.93. The van der Waals surface area contributed by atoms with E-state index in [4.69, 9.17) is 39.8 Å². The second-order valence-electron chi connectivity index (χ2n) is 9.99. The van der Waals surface area contributed by atoms with Gasteiger partial charge in [0.2, 0.25) is 0 Å². The molecule has 6 aromatic heterocycles. The van der Waals surface area contributed by atoms with Crippen LogP contribution in [0.1, 0.15) is 23.0 Å². The second-order valence-corrected chi connectivity index (χ2v) is 9.99. The van der Waals surface area contributed by atoms with Crippen LogP contribution in [0, 0.1) is 37.0 Å². The molecule has 0 fully saturated rings. The fourth-order valence-corrected chi connectivity index (χ4v) is 4.06. The van der Waals surface area contributed by atoms with E-state index >= 15 is 0 Å². The Labute approximate surface area is 311 Å². The van der Waals surface area contributed by atoms with Gasteiger partial charge in [0, 0.05) is 22.9 Å². The summed E-state index contributed by atoms with van der Waals surface area (Å²) in [6, 6.07) is 0. The maximum Gasteiger partial charge on any atom is 0.100 e. The van der Waals surface area contributed by atoms with Crippen LogP contribution in [-0.2, 0) is 9.47 Å². The minimum absolute atomic E-state index is 0.329. The van der Waals surface area contributed by atoms with E-state index in [1.165, 1.54) is 47.3 Å². The Hall–Kier alpha value is -7.98. The highest BCUT2D eigenvalue weighted by Gasteiger charge is 2.27. The molecule has 0 saturated heterocycles. The molecule has 0 aliphatic rings. The molecule has 0 radical (unpaired) electrons. The highest BCUT2D eigenvalue weighted by Crippen LogP contribution is 2.27. The Bertz CT molecular complexity index is 1950. The summed E-state index contributed by atoms with van der Waals surface area (Å²) in [5, 5.41) is 54.7. The summed E-state index contributed by atoms with van der Waals surface area (Å²) < 4.78 is 10.1. The van der Waals surface area contributed by atoms with Crippen molar-refractivity contribution in [1.29, 1.82) is 0 Å². The van der Waals surface area contributed by atoms with E-state index in [9.17, 15) is 0 Å². The lowest BCUT2D eigenvalue weighted by Gasteiger charge is -2.11. The lowest BCUT2D eigenvalue weighted by atomic mass is 9.99. The maximum absolute atomic E-state index is 7.93. The predicted molar refractivity (Wildman–Crippen MR) is 186 cm³/mol. The monoisotopic (exact) mass is 749 g/mol. The Kier molecular flexibility index (Phi) is 16.5. The van der Waals surface area contributed by atoms with Gasteiger partial charge in [-0.05, 0) is 42.3 Å². The molecular weight excluding hydrogens is 718 g/mol. The molecule has 0 aliphatic heterocycles. The van der Waals surface area contributed by atoms with Gasteiger partial charge in [-0.3, -0.25) is 4.90 Å². The van der Waals surface area contributed by atoms with Gasteiger partial charge in [-0.2, -0.15) is 0 Å². The molecule has 55 heavy (non-hydrogen) atoms. The minimum atomic E-state index is -0.549. The third-order valence-electron chi connectivity index (χ3n) is 6.36. The molecule has 0 aliphatic carbocycles. The highest BCUT2D eigenvalue weighted by molar-refractivity contribution is 5.29. The molecule has 0 saturated carbocycles. The zero-order valence-electron chi connectivity index (χ0n) is 28.9. The van der Waals surface area contributed by atoms with Crippen molar-refractivity contribution in [2.24, 2.45) is 10.2 Å². The first kappa shape index (κ1) is 39.8. The molecule has 0 spiro atoms. The minimum Gasteiger partial charge on any atom is -0.379 e. The van der Waals surface area contributed by atoms with E-state index < -0.39 is 5.92 Å². The van der Waals surface area contributed by atoms with Gasteiger partial charge in [0.15, 0.2) is 0 Å². The van der Waals surface area contributed by atoms with Crippen molar-refractivity contribution in [3.8, 4) is 37.0 Å². The molecule has 27 heteroatoms. The van der Waals surface area contributed by atoms with E-state index in [1.807, 2.05) is 4.90 Å². The van der Waals surface area contributed by atoms with Gasteiger partial charge in [0.05, 0.1) is 108 Å². The normalized spacial score (nSPS) is 10.2. The predicted octanol–water partition coefficient (Wildman–Crippen LogP) is -0.822. The molecule has 6 rings (SSSR count). The van der Waals surface area contributed by atoms with E-state index in [0.717, 1.165) is 0 Å². The molecule has 0 aromatic carbocycles. The smallest absolute Gasteiger partial charge is 0.100 e. The third kappa shape index (κ3) is 12.6. The molecule has 0 bridgehead atoms. The van der Waals surface area contributed by atoms with Gasteiger partial charge in [0.1, 0.15) is 17.1 Å². The number of rotatable bonds is 18. The van der Waals surface area contributed by atoms with Crippen LogP contribution < -0.4 is 0 Å². The molecule has 0 unspecified atom stereocenters. The van der Waals surface area contributed by atoms with Crippen molar-refractivity contribution in [2.45, 2.75) is 5.92 Å². The summed E-state index contributed by atoms with van der Waals surface area (Å²) in [7, 11) is 0. The Morgan fingerprint density at radius 3 is 1.24 bits per heavy atom. The number of aromatic nitrogens is 18. The summed E-state index contributed by atoms with van der Waals surface area (Å²) in [6.45, 7) is 3.89. The number of ether oxygens (including phenoxy) is 2. The van der Waals surface area contributed by atoms with Crippen molar-refractivity contribution >= 4 is 0 Å². The largest absolute Gasteiger partial charge is 0.379 e. The van der Waals surface area contributed by atoms with E-state index in [-0.39, 0.29) is 0 Å². The molecule has 280 valence electrons. The average molecular weight is 750 g/mol. The topological polar surface area (TPSA) is 303 Å². The number of nitrogens with zero attached hydrogens (tertiary/aromatic N) is 25. The lowest BCUT2D eigenvalue weighted by Crippen LogP contribution is -2.24. The van der Waals surface area contributed by atoms with E-state index in [1.54, 1.807) is 37.2 Å². The first-order chi connectivity index (χ1) is 27.1. The third-order valence-corrected chi connectivity index (χ3v) is 6.36. The first-order valence-corrected chi connectivity index (χ1v) is 15.7. The van der Waals surface area contributed by atoms with Crippen LogP contribution in [0.5, 0.6) is 0 Å². The first-order valence-electron chi connectivity index (χ1n) is 15.7. The van der Waals surface area contributed by atoms with Crippen molar-refractivity contribution in [3.05, 3.63) is 93.7 Å². The van der Waals surface area contributed by atoms with Gasteiger partial charge in [-0.15, -0.1) is 78.6 Å². The van der Waals surface area contributed by atoms with Crippen LogP contribution in [0.4, 0.5) is 0 Å². The van der Waals surface area contributed by atoms with Crippen LogP contribution in [0.15, 0.2) is 66.0 Å². The summed E-state index contributed by atoms with van der Waals surface area (Å²) in [4.78, 5) is 15.5. The van der Waals surface area contributed by atoms with Gasteiger partial charge < -0.3 is 9.47 Å². The van der Waals surface area contributed by atoms with Crippen LogP contribution >= 0.6 is 0 Å². The fraction of sp³-hybridized carbons (Fsp3) is 0.357. The molecular formula is C28H31N25O2. The molecule has 27 nitrogen and oxygen atoms in total. The molecule has 0 atom stereocenters. The molecule has 0 amide bonds. The quantitative estimate of drug-likeness (QED) is 0.0341. The van der Waals surface area contributed by atoms with Crippen LogP contribution in [0.3, 0.4) is 0 Å². The summed E-state index contributed by atoms with van der Waals surface area (Å²) >= 11 is 0. The van der Waals surface area contributed by atoms with Crippen molar-refractivity contribution in [2.75, 3.05) is 59.2 Å². The summed E-state index contributed by atoms with van der Waals surface area (Å²) in [5.74, 6) is 6.87. The molecule has 0 N–H and O–H groups in total. The zero-order chi connectivity index (χ0) is 38.9. The molecule has 6 heterocycles. The van der Waals surface area contributed by atoms with Crippen molar-refractivity contribution in [1.82, 2.24) is 95.5 Å². The fourth-order valence-electron chi connectivity index (χ4n) is 4.06. The highest BCUT2D eigenvalue weighted by atomic mass is 16.5. The summed E-state index contributed by atoms with van der Waals surface area (Å²) in [5.41, 5.74) is 17.5. The van der Waals surface area contributed by atoms with Gasteiger partial charge >= 0.3 is 0 Å². The standard InChI is InChI=1S/C13H10N18.C9H9N.C6H12N6O2/c1-4-26(20-14-1)29-7-10(17-23-29)13(11-8-30(24-18-11)27-5-2-15-21-27)12-9-31(25-19-12)28-6-3-16-22-28;1-4-7-10(8-5-2)9-6-3;7-11-9-1-3-13-5-6-14-4-2-10-12-8/h1-9,13H;1-3H,7-9H2;1-6H2. The van der Waals surface area contributed by atoms with Crippen LogP contribution in [0.25, 0.3) is 20.9 Å². The number of azide groups is 2.